The first-order valence-corrected chi connectivity index (χ1v) is 3.76. The molecular weight excluding hydrogens is 175 g/mol. The van der Waals surface area contributed by atoms with E-state index < -0.39 is 11.9 Å². The Kier molecular flexibility index (Phi) is 2.17. The quantitative estimate of drug-likeness (QED) is 0.616. The largest absolute Gasteiger partial charge is 0.432 e. The smallest absolute Gasteiger partial charge is 0.357 e. The zero-order chi connectivity index (χ0) is 8.48. The first kappa shape index (κ1) is 8.52. The maximum Gasteiger partial charge on any atom is 0.432 e. The van der Waals surface area contributed by atoms with E-state index in [0.717, 1.165) is 11.8 Å². The van der Waals surface area contributed by atoms with Crippen molar-refractivity contribution in [3.05, 3.63) is 22.2 Å². The highest BCUT2D eigenvalue weighted by molar-refractivity contribution is 8.05. The van der Waals surface area contributed by atoms with Crippen molar-refractivity contribution in [3.8, 4) is 0 Å². The normalized spacial score (nSPS) is 18.5. The number of allylic oxidation sites excluding steroid dienone is 2. The fourth-order valence-corrected chi connectivity index (χ4v) is 1.33. The molecule has 1 aliphatic heterocycles. The summed E-state index contributed by atoms with van der Waals surface area (Å²) in [6.07, 6.45) is -2.98. The average molecular weight is 181 g/mol. The first-order chi connectivity index (χ1) is 5.02. The van der Waals surface area contributed by atoms with E-state index in [1.165, 1.54) is 13.1 Å². The fraction of sp³-hybridized carbons (Fsp3) is 0.333. The standard InChI is InChI=1S/C6H6F3NS/c1-4-5(6(7,8)9)10-2-3-11-4/h2-3,10H,1H3. The van der Waals surface area contributed by atoms with Crippen LogP contribution >= 0.6 is 11.8 Å². The summed E-state index contributed by atoms with van der Waals surface area (Å²) in [7, 11) is 0. The van der Waals surface area contributed by atoms with Gasteiger partial charge in [-0.25, -0.2) is 0 Å². The lowest BCUT2D eigenvalue weighted by atomic mass is 10.4. The van der Waals surface area contributed by atoms with Gasteiger partial charge in [-0.2, -0.15) is 13.2 Å². The van der Waals surface area contributed by atoms with Crippen LogP contribution in [0.1, 0.15) is 6.92 Å². The molecule has 0 aromatic rings. The number of halogens is 3. The number of hydrogen-bond donors (Lipinski definition) is 1. The highest BCUT2D eigenvalue weighted by atomic mass is 32.2. The van der Waals surface area contributed by atoms with Crippen molar-refractivity contribution in [2.24, 2.45) is 0 Å². The van der Waals surface area contributed by atoms with Crippen molar-refractivity contribution in [1.29, 1.82) is 0 Å². The molecule has 0 atom stereocenters. The molecule has 1 rings (SSSR count). The molecule has 0 aliphatic carbocycles. The second kappa shape index (κ2) is 2.81. The van der Waals surface area contributed by atoms with Crippen molar-refractivity contribution < 1.29 is 13.2 Å². The summed E-state index contributed by atoms with van der Waals surface area (Å²) in [5, 5.41) is 3.74. The molecule has 0 radical (unpaired) electrons. The predicted molar refractivity (Wildman–Crippen MR) is 38.6 cm³/mol. The summed E-state index contributed by atoms with van der Waals surface area (Å²) in [6.45, 7) is 1.43. The van der Waals surface area contributed by atoms with E-state index in [0.29, 0.717) is 0 Å². The average Bonchev–Trinajstić information content (AvgIpc) is 1.86. The van der Waals surface area contributed by atoms with Crippen molar-refractivity contribution in [3.63, 3.8) is 0 Å². The van der Waals surface area contributed by atoms with Gasteiger partial charge in [-0.3, -0.25) is 0 Å². The molecular formula is C6H6F3NS. The van der Waals surface area contributed by atoms with Gasteiger partial charge in [0.25, 0.3) is 0 Å². The lowest BCUT2D eigenvalue weighted by Gasteiger charge is -2.16. The number of hydrogen-bond acceptors (Lipinski definition) is 2. The number of thioether (sulfide) groups is 1. The van der Waals surface area contributed by atoms with Gasteiger partial charge in [-0.1, -0.05) is 11.8 Å². The molecule has 5 heteroatoms. The highest BCUT2D eigenvalue weighted by Gasteiger charge is 2.35. The van der Waals surface area contributed by atoms with E-state index in [9.17, 15) is 13.2 Å². The maximum absolute atomic E-state index is 12.0. The Morgan fingerprint density at radius 3 is 2.45 bits per heavy atom. The van der Waals surface area contributed by atoms with Crippen LogP contribution in [0.2, 0.25) is 0 Å². The van der Waals surface area contributed by atoms with Gasteiger partial charge >= 0.3 is 6.18 Å². The molecule has 0 saturated heterocycles. The Morgan fingerprint density at radius 1 is 1.45 bits per heavy atom. The minimum atomic E-state index is -4.26. The van der Waals surface area contributed by atoms with E-state index in [4.69, 9.17) is 0 Å². The van der Waals surface area contributed by atoms with Gasteiger partial charge in [0.1, 0.15) is 5.70 Å². The van der Waals surface area contributed by atoms with Crippen LogP contribution in [-0.2, 0) is 0 Å². The highest BCUT2D eigenvalue weighted by Crippen LogP contribution is 2.33. The Morgan fingerprint density at radius 2 is 2.09 bits per heavy atom. The van der Waals surface area contributed by atoms with E-state index >= 15 is 0 Å². The molecule has 0 unspecified atom stereocenters. The van der Waals surface area contributed by atoms with E-state index in [1.54, 1.807) is 5.41 Å². The fourth-order valence-electron chi connectivity index (χ4n) is 0.695. The Labute approximate surface area is 66.3 Å². The van der Waals surface area contributed by atoms with Crippen LogP contribution in [-0.4, -0.2) is 6.18 Å². The zero-order valence-corrected chi connectivity index (χ0v) is 6.51. The third-order valence-corrected chi connectivity index (χ3v) is 2.01. The molecule has 0 saturated carbocycles. The van der Waals surface area contributed by atoms with Gasteiger partial charge < -0.3 is 5.32 Å². The molecule has 0 spiro atoms. The van der Waals surface area contributed by atoms with E-state index in [-0.39, 0.29) is 4.91 Å². The monoisotopic (exact) mass is 181 g/mol. The lowest BCUT2D eigenvalue weighted by Crippen LogP contribution is -2.24. The third kappa shape index (κ3) is 1.92. The van der Waals surface area contributed by atoms with Gasteiger partial charge in [0, 0.05) is 11.1 Å². The molecule has 1 aliphatic rings. The van der Waals surface area contributed by atoms with Crippen LogP contribution in [0.25, 0.3) is 0 Å². The molecule has 0 aromatic heterocycles. The van der Waals surface area contributed by atoms with Gasteiger partial charge in [0.05, 0.1) is 0 Å². The van der Waals surface area contributed by atoms with Crippen molar-refractivity contribution in [2.45, 2.75) is 13.1 Å². The Balaban J connectivity index is 2.85. The van der Waals surface area contributed by atoms with Gasteiger partial charge in [-0.05, 0) is 12.3 Å². The third-order valence-electron chi connectivity index (χ3n) is 1.18. The molecule has 0 aromatic carbocycles. The van der Waals surface area contributed by atoms with Crippen LogP contribution in [0.3, 0.4) is 0 Å². The minimum Gasteiger partial charge on any atom is -0.357 e. The number of nitrogens with one attached hydrogen (secondary N) is 1. The first-order valence-electron chi connectivity index (χ1n) is 2.88. The molecule has 0 amide bonds. The van der Waals surface area contributed by atoms with E-state index in [1.807, 2.05) is 0 Å². The molecule has 62 valence electrons. The molecule has 0 fully saturated rings. The topological polar surface area (TPSA) is 12.0 Å². The summed E-state index contributed by atoms with van der Waals surface area (Å²) < 4.78 is 36.1. The van der Waals surface area contributed by atoms with Crippen molar-refractivity contribution >= 4 is 11.8 Å². The van der Waals surface area contributed by atoms with Crippen LogP contribution in [0.15, 0.2) is 22.2 Å². The van der Waals surface area contributed by atoms with Crippen molar-refractivity contribution in [2.75, 3.05) is 0 Å². The summed E-state index contributed by atoms with van der Waals surface area (Å²) in [5.41, 5.74) is -0.662. The second-order valence-electron chi connectivity index (χ2n) is 1.99. The minimum absolute atomic E-state index is 0.250. The molecule has 0 bridgehead atoms. The second-order valence-corrected chi connectivity index (χ2v) is 3.11. The number of alkyl halides is 3. The summed E-state index contributed by atoms with van der Waals surface area (Å²) in [6, 6.07) is 0. The predicted octanol–water partition coefficient (Wildman–Crippen LogP) is 2.59. The van der Waals surface area contributed by atoms with Crippen LogP contribution < -0.4 is 5.32 Å². The Bertz CT molecular complexity index is 216. The van der Waals surface area contributed by atoms with Crippen molar-refractivity contribution in [1.82, 2.24) is 5.32 Å². The summed E-state index contributed by atoms with van der Waals surface area (Å²) in [5.74, 6) is 0. The Hall–Kier alpha value is -0.580. The summed E-state index contributed by atoms with van der Waals surface area (Å²) >= 11 is 1.07. The van der Waals surface area contributed by atoms with Crippen LogP contribution in [0, 0.1) is 0 Å². The molecule has 1 N–H and O–H groups in total. The van der Waals surface area contributed by atoms with Gasteiger partial charge in [0.2, 0.25) is 0 Å². The molecule has 11 heavy (non-hydrogen) atoms. The SMILES string of the molecule is CC1=C(C(F)(F)F)NC=CS1. The maximum atomic E-state index is 12.0. The van der Waals surface area contributed by atoms with Crippen LogP contribution in [0.5, 0.6) is 0 Å². The molecule has 1 heterocycles. The lowest BCUT2D eigenvalue weighted by molar-refractivity contribution is -0.0958. The van der Waals surface area contributed by atoms with E-state index in [2.05, 4.69) is 5.32 Å². The zero-order valence-electron chi connectivity index (χ0n) is 5.70. The molecule has 1 nitrogen and oxygen atoms in total. The van der Waals surface area contributed by atoms with Gasteiger partial charge in [0.15, 0.2) is 0 Å². The van der Waals surface area contributed by atoms with Gasteiger partial charge in [-0.15, -0.1) is 0 Å². The van der Waals surface area contributed by atoms with Crippen LogP contribution in [0.4, 0.5) is 13.2 Å². The summed E-state index contributed by atoms with van der Waals surface area (Å²) in [4.78, 5) is 0.250. The number of rotatable bonds is 0.